The normalized spacial score (nSPS) is 20.3. The third-order valence-corrected chi connectivity index (χ3v) is 3.19. The summed E-state index contributed by atoms with van der Waals surface area (Å²) in [6.07, 6.45) is 0.191. The first-order valence-electron chi connectivity index (χ1n) is 5.15. The summed E-state index contributed by atoms with van der Waals surface area (Å²) in [6.45, 7) is 0.110. The molecule has 0 aromatic carbocycles. The molecule has 8 nitrogen and oxygen atoms in total. The van der Waals surface area contributed by atoms with E-state index in [1.54, 1.807) is 0 Å². The number of phosphoric acid groups is 1. The number of rotatable bonds is 4. The van der Waals surface area contributed by atoms with Gasteiger partial charge in [-0.15, -0.1) is 11.6 Å². The van der Waals surface area contributed by atoms with Crippen molar-refractivity contribution in [3.05, 3.63) is 0 Å². The quantitative estimate of drug-likeness (QED) is 0.287. The Morgan fingerprint density at radius 1 is 1.72 bits per heavy atom. The average Bonchev–Trinajstić information content (AvgIpc) is 2.54. The highest BCUT2D eigenvalue weighted by molar-refractivity contribution is 7.46. The van der Waals surface area contributed by atoms with Crippen LogP contribution in [0.2, 0.25) is 0 Å². The molecule has 0 spiro atoms. The minimum Gasteiger partial charge on any atom is -0.343 e. The topological polar surface area (TPSA) is 114 Å². The number of amides is 1. The average molecular weight is 300 g/mol. The van der Waals surface area contributed by atoms with Gasteiger partial charge in [0.15, 0.2) is 5.96 Å². The number of alkyl halides is 1. The number of halogens is 1. The van der Waals surface area contributed by atoms with E-state index in [0.29, 0.717) is 0 Å². The van der Waals surface area contributed by atoms with Gasteiger partial charge < -0.3 is 14.7 Å². The number of nitrogens with zero attached hydrogens (tertiary/aromatic N) is 2. The molecule has 0 aromatic rings. The van der Waals surface area contributed by atoms with Crippen LogP contribution in [-0.4, -0.2) is 63.6 Å². The Bertz CT molecular complexity index is 387. The maximum Gasteiger partial charge on any atom is 0.469 e. The Morgan fingerprint density at radius 3 is 2.78 bits per heavy atom. The van der Waals surface area contributed by atoms with Gasteiger partial charge in [-0.2, -0.15) is 0 Å². The van der Waals surface area contributed by atoms with Crippen molar-refractivity contribution in [2.75, 3.05) is 26.7 Å². The second-order valence-electron chi connectivity index (χ2n) is 3.87. The summed E-state index contributed by atoms with van der Waals surface area (Å²) in [5.74, 6) is -0.291. The highest BCUT2D eigenvalue weighted by Crippen LogP contribution is 2.35. The molecule has 1 amide bonds. The lowest BCUT2D eigenvalue weighted by molar-refractivity contribution is -0.124. The van der Waals surface area contributed by atoms with Crippen LogP contribution in [-0.2, 0) is 13.9 Å². The van der Waals surface area contributed by atoms with Gasteiger partial charge in [0.25, 0.3) is 0 Å². The molecule has 10 heteroatoms. The molecule has 1 aliphatic rings. The van der Waals surface area contributed by atoms with Gasteiger partial charge in [0.1, 0.15) is 0 Å². The number of likely N-dealkylation sites (tertiary alicyclic amines) is 1. The minimum atomic E-state index is -4.50. The number of likely N-dealkylation sites (N-methyl/N-ethyl adjacent to an activating group) is 1. The zero-order valence-corrected chi connectivity index (χ0v) is 11.4. The van der Waals surface area contributed by atoms with Gasteiger partial charge >= 0.3 is 7.82 Å². The molecule has 0 bridgehead atoms. The fourth-order valence-electron chi connectivity index (χ4n) is 1.48. The summed E-state index contributed by atoms with van der Waals surface area (Å²) in [7, 11) is -2.97. The first kappa shape index (κ1) is 15.4. The van der Waals surface area contributed by atoms with Crippen molar-refractivity contribution < 1.29 is 23.7 Å². The lowest BCUT2D eigenvalue weighted by Gasteiger charge is -2.26. The molecular weight excluding hydrogens is 285 g/mol. The van der Waals surface area contributed by atoms with Crippen molar-refractivity contribution in [2.24, 2.45) is 0 Å². The largest absolute Gasteiger partial charge is 0.469 e. The van der Waals surface area contributed by atoms with Crippen molar-refractivity contribution in [1.82, 2.24) is 9.80 Å². The van der Waals surface area contributed by atoms with E-state index in [-0.39, 0.29) is 43.4 Å². The van der Waals surface area contributed by atoms with Crippen LogP contribution in [0.25, 0.3) is 0 Å². The SMILES string of the molecule is CN(CCOP(=O)(O)O)C(=N)N1CC(Cl)CC1=O. The zero-order chi connectivity index (χ0) is 13.9. The van der Waals surface area contributed by atoms with Gasteiger partial charge in [-0.25, -0.2) is 4.57 Å². The first-order chi connectivity index (χ1) is 8.20. The minimum absolute atomic E-state index is 0.0579. The molecule has 104 valence electrons. The van der Waals surface area contributed by atoms with Gasteiger partial charge in [-0.05, 0) is 0 Å². The van der Waals surface area contributed by atoms with E-state index in [1.165, 1.54) is 16.8 Å². The van der Waals surface area contributed by atoms with E-state index in [4.69, 9.17) is 26.8 Å². The molecule has 1 aliphatic heterocycles. The van der Waals surface area contributed by atoms with E-state index < -0.39 is 7.82 Å². The molecule has 0 aliphatic carbocycles. The Labute approximate surface area is 109 Å². The number of hydrogen-bond acceptors (Lipinski definition) is 4. The number of phosphoric ester groups is 1. The molecule has 1 unspecified atom stereocenters. The lowest BCUT2D eigenvalue weighted by Crippen LogP contribution is -2.43. The monoisotopic (exact) mass is 299 g/mol. The van der Waals surface area contributed by atoms with Crippen LogP contribution in [0.1, 0.15) is 6.42 Å². The van der Waals surface area contributed by atoms with Crippen molar-refractivity contribution in [2.45, 2.75) is 11.8 Å². The predicted octanol–water partition coefficient (Wildman–Crippen LogP) is -0.198. The summed E-state index contributed by atoms with van der Waals surface area (Å²) in [6, 6.07) is 0. The maximum atomic E-state index is 11.5. The lowest BCUT2D eigenvalue weighted by atomic mass is 10.4. The Morgan fingerprint density at radius 2 is 2.33 bits per heavy atom. The highest BCUT2D eigenvalue weighted by atomic mass is 35.5. The molecule has 1 atom stereocenters. The maximum absolute atomic E-state index is 11.5. The summed E-state index contributed by atoms with van der Waals surface area (Å²) in [5.41, 5.74) is 0. The molecule has 0 aromatic heterocycles. The fourth-order valence-corrected chi connectivity index (χ4v) is 2.07. The Hall–Kier alpha value is -0.660. The van der Waals surface area contributed by atoms with Crippen molar-refractivity contribution in [3.63, 3.8) is 0 Å². The number of nitrogens with one attached hydrogen (secondary N) is 1. The molecule has 18 heavy (non-hydrogen) atoms. The molecule has 1 fully saturated rings. The summed E-state index contributed by atoms with van der Waals surface area (Å²) >= 11 is 5.81. The number of guanidine groups is 1. The second-order valence-corrected chi connectivity index (χ2v) is 5.73. The number of hydrogen-bond donors (Lipinski definition) is 3. The van der Waals surface area contributed by atoms with Crippen LogP contribution in [0.5, 0.6) is 0 Å². The van der Waals surface area contributed by atoms with Crippen molar-refractivity contribution >= 4 is 31.3 Å². The van der Waals surface area contributed by atoms with Crippen molar-refractivity contribution in [1.29, 1.82) is 5.41 Å². The Kier molecular flexibility index (Phi) is 5.12. The molecule has 3 N–H and O–H groups in total. The summed E-state index contributed by atoms with van der Waals surface area (Å²) in [4.78, 5) is 31.1. The predicted molar refractivity (Wildman–Crippen MR) is 64.3 cm³/mol. The second kappa shape index (κ2) is 5.99. The van der Waals surface area contributed by atoms with Crippen LogP contribution < -0.4 is 0 Å². The van der Waals surface area contributed by atoms with Crippen LogP contribution in [0, 0.1) is 5.41 Å². The summed E-state index contributed by atoms with van der Waals surface area (Å²) < 4.78 is 14.7. The standard InChI is InChI=1S/C8H15ClN3O5P/c1-11(2-3-17-18(14,15)16)8(10)12-5-6(9)4-7(12)13/h6,10H,2-5H2,1H3,(H2,14,15,16). The third-order valence-electron chi connectivity index (χ3n) is 2.38. The zero-order valence-electron chi connectivity index (χ0n) is 9.74. The van der Waals surface area contributed by atoms with E-state index in [1.807, 2.05) is 0 Å². The van der Waals surface area contributed by atoms with Gasteiger partial charge in [0.05, 0.1) is 12.0 Å². The van der Waals surface area contributed by atoms with Gasteiger partial charge in [0.2, 0.25) is 5.91 Å². The Balaban J connectivity index is 2.42. The molecule has 0 saturated carbocycles. The first-order valence-corrected chi connectivity index (χ1v) is 7.11. The van der Waals surface area contributed by atoms with Gasteiger partial charge in [0, 0.05) is 26.6 Å². The van der Waals surface area contributed by atoms with Crippen molar-refractivity contribution in [3.8, 4) is 0 Å². The van der Waals surface area contributed by atoms with Gasteiger partial charge in [-0.3, -0.25) is 19.6 Å². The summed E-state index contributed by atoms with van der Waals surface area (Å²) in [5, 5.41) is 7.46. The van der Waals surface area contributed by atoms with Crippen LogP contribution in [0.15, 0.2) is 0 Å². The van der Waals surface area contributed by atoms with Crippen LogP contribution >= 0.6 is 19.4 Å². The fraction of sp³-hybridized carbons (Fsp3) is 0.750. The molecular formula is C8H15ClN3O5P. The molecule has 0 radical (unpaired) electrons. The number of carbonyl (C=O) groups is 1. The van der Waals surface area contributed by atoms with E-state index >= 15 is 0 Å². The van der Waals surface area contributed by atoms with E-state index in [0.717, 1.165) is 0 Å². The molecule has 1 saturated heterocycles. The molecule has 1 rings (SSSR count). The van der Waals surface area contributed by atoms with E-state index in [2.05, 4.69) is 4.52 Å². The van der Waals surface area contributed by atoms with E-state index in [9.17, 15) is 9.36 Å². The van der Waals surface area contributed by atoms with Crippen LogP contribution in [0.4, 0.5) is 0 Å². The number of carbonyl (C=O) groups excluding carboxylic acids is 1. The molecule has 1 heterocycles. The smallest absolute Gasteiger partial charge is 0.343 e. The highest BCUT2D eigenvalue weighted by Gasteiger charge is 2.32. The third kappa shape index (κ3) is 4.55. The van der Waals surface area contributed by atoms with Crippen LogP contribution in [0.3, 0.4) is 0 Å². The van der Waals surface area contributed by atoms with Gasteiger partial charge in [-0.1, -0.05) is 0 Å².